The van der Waals surface area contributed by atoms with Crippen LogP contribution in [0.3, 0.4) is 0 Å². The monoisotopic (exact) mass is 419 g/mol. The number of rotatable bonds is 6. The van der Waals surface area contributed by atoms with Crippen LogP contribution >= 0.6 is 0 Å². The van der Waals surface area contributed by atoms with Crippen molar-refractivity contribution in [1.82, 2.24) is 15.1 Å². The number of carbonyl (C=O) groups is 1. The van der Waals surface area contributed by atoms with Crippen molar-refractivity contribution < 1.29 is 19.0 Å². The van der Waals surface area contributed by atoms with Crippen molar-refractivity contribution >= 4 is 16.8 Å². The van der Waals surface area contributed by atoms with Crippen molar-refractivity contribution in [2.75, 3.05) is 13.7 Å². The molecule has 1 amide bonds. The smallest absolute Gasteiger partial charge is 0.254 e. The first-order valence-electron chi connectivity index (χ1n) is 9.90. The first-order chi connectivity index (χ1) is 15.0. The number of benzene rings is 3. The first kappa shape index (κ1) is 20.4. The molecule has 158 valence electrons. The number of hydrogen-bond acceptors (Lipinski definition) is 4. The van der Waals surface area contributed by atoms with E-state index < -0.39 is 0 Å². The number of aromatic amines is 1. The van der Waals surface area contributed by atoms with Gasteiger partial charge in [0, 0.05) is 24.7 Å². The number of phenolic OH excluding ortho intramolecular Hbond substituents is 1. The van der Waals surface area contributed by atoms with E-state index in [0.29, 0.717) is 40.9 Å². The Labute approximate surface area is 178 Å². The summed E-state index contributed by atoms with van der Waals surface area (Å²) in [7, 11) is 1.71. The van der Waals surface area contributed by atoms with E-state index in [1.165, 1.54) is 12.1 Å². The summed E-state index contributed by atoms with van der Waals surface area (Å²) in [5.74, 6) is 0.134. The Morgan fingerprint density at radius 2 is 2.03 bits per heavy atom. The summed E-state index contributed by atoms with van der Waals surface area (Å²) in [5.41, 5.74) is 3.39. The molecule has 3 aromatic carbocycles. The third-order valence-corrected chi connectivity index (χ3v) is 5.10. The number of phenols is 1. The fourth-order valence-electron chi connectivity index (χ4n) is 3.58. The lowest BCUT2D eigenvalue weighted by molar-refractivity contribution is 0.0785. The van der Waals surface area contributed by atoms with Crippen LogP contribution in [-0.2, 0) is 6.54 Å². The van der Waals surface area contributed by atoms with E-state index in [-0.39, 0.29) is 17.5 Å². The molecule has 0 unspecified atom stereocenters. The number of hydrogen-bond donors (Lipinski definition) is 2. The summed E-state index contributed by atoms with van der Waals surface area (Å²) < 4.78 is 19.4. The number of carbonyl (C=O) groups excluding carboxylic acids is 1. The Hall–Kier alpha value is -3.87. The highest BCUT2D eigenvalue weighted by Crippen LogP contribution is 2.32. The van der Waals surface area contributed by atoms with Crippen LogP contribution in [0.4, 0.5) is 4.39 Å². The Balaban J connectivity index is 1.62. The average Bonchev–Trinajstić information content (AvgIpc) is 3.26. The van der Waals surface area contributed by atoms with E-state index in [9.17, 15) is 14.3 Å². The molecule has 0 radical (unpaired) electrons. The number of amides is 1. The zero-order valence-electron chi connectivity index (χ0n) is 17.2. The number of nitrogens with one attached hydrogen (secondary N) is 1. The molecule has 0 atom stereocenters. The predicted molar refractivity (Wildman–Crippen MR) is 117 cm³/mol. The number of aromatic hydroxyl groups is 1. The second kappa shape index (κ2) is 8.47. The standard InChI is InChI=1S/C24H22FN3O3/c1-3-31-22-12-16(7-9-19(22)15-5-4-6-18(25)11-15)24(30)28(2)14-17-8-10-21(29)20-13-26-27-23(17)20/h4-13,29H,3,14H2,1-2H3,(H,26,27). The minimum absolute atomic E-state index is 0.135. The van der Waals surface area contributed by atoms with Gasteiger partial charge in [0.15, 0.2) is 0 Å². The molecule has 1 aromatic heterocycles. The van der Waals surface area contributed by atoms with Crippen LogP contribution in [0, 0.1) is 5.82 Å². The molecule has 0 saturated carbocycles. The maximum Gasteiger partial charge on any atom is 0.254 e. The molecule has 4 rings (SSSR count). The van der Waals surface area contributed by atoms with Crippen LogP contribution in [-0.4, -0.2) is 39.8 Å². The molecule has 0 aliphatic heterocycles. The molecule has 0 spiro atoms. The number of fused-ring (bicyclic) bond motifs is 1. The van der Waals surface area contributed by atoms with Gasteiger partial charge in [-0.15, -0.1) is 0 Å². The highest BCUT2D eigenvalue weighted by Gasteiger charge is 2.17. The van der Waals surface area contributed by atoms with Gasteiger partial charge in [0.2, 0.25) is 0 Å². The maximum atomic E-state index is 13.7. The Morgan fingerprint density at radius 1 is 1.19 bits per heavy atom. The zero-order chi connectivity index (χ0) is 22.0. The molecule has 4 aromatic rings. The summed E-state index contributed by atoms with van der Waals surface area (Å²) in [6.07, 6.45) is 1.55. The van der Waals surface area contributed by atoms with E-state index in [0.717, 1.165) is 11.1 Å². The molecular weight excluding hydrogens is 397 g/mol. The van der Waals surface area contributed by atoms with Gasteiger partial charge < -0.3 is 14.7 Å². The number of halogens is 1. The van der Waals surface area contributed by atoms with Crippen LogP contribution in [0.5, 0.6) is 11.5 Å². The molecule has 0 bridgehead atoms. The summed E-state index contributed by atoms with van der Waals surface area (Å²) in [6.45, 7) is 2.60. The Kier molecular flexibility index (Phi) is 5.58. The molecule has 7 heteroatoms. The molecule has 0 aliphatic carbocycles. The van der Waals surface area contributed by atoms with Crippen LogP contribution in [0.25, 0.3) is 22.0 Å². The summed E-state index contributed by atoms with van der Waals surface area (Å²) >= 11 is 0. The second-order valence-electron chi connectivity index (χ2n) is 7.22. The second-order valence-corrected chi connectivity index (χ2v) is 7.22. The minimum atomic E-state index is -0.334. The summed E-state index contributed by atoms with van der Waals surface area (Å²) in [5, 5.41) is 17.4. The van der Waals surface area contributed by atoms with E-state index in [4.69, 9.17) is 4.74 Å². The third kappa shape index (κ3) is 4.07. The van der Waals surface area contributed by atoms with Gasteiger partial charge in [-0.05, 0) is 54.4 Å². The van der Waals surface area contributed by atoms with Gasteiger partial charge in [-0.2, -0.15) is 5.10 Å². The van der Waals surface area contributed by atoms with Crippen molar-refractivity contribution in [2.45, 2.75) is 13.5 Å². The number of aromatic nitrogens is 2. The normalized spacial score (nSPS) is 10.9. The highest BCUT2D eigenvalue weighted by atomic mass is 19.1. The quantitative estimate of drug-likeness (QED) is 0.473. The Morgan fingerprint density at radius 3 is 2.81 bits per heavy atom. The van der Waals surface area contributed by atoms with Crippen molar-refractivity contribution in [3.8, 4) is 22.6 Å². The van der Waals surface area contributed by atoms with Gasteiger partial charge in [-0.3, -0.25) is 9.89 Å². The van der Waals surface area contributed by atoms with Gasteiger partial charge in [0.05, 0.1) is 23.7 Å². The van der Waals surface area contributed by atoms with Crippen molar-refractivity contribution in [1.29, 1.82) is 0 Å². The Bertz CT molecular complexity index is 1250. The van der Waals surface area contributed by atoms with Crippen molar-refractivity contribution in [2.24, 2.45) is 0 Å². The lowest BCUT2D eigenvalue weighted by Gasteiger charge is -2.19. The fraction of sp³-hybridized carbons (Fsp3) is 0.167. The molecule has 1 heterocycles. The molecule has 0 saturated heterocycles. The number of nitrogens with zero attached hydrogens (tertiary/aromatic N) is 2. The predicted octanol–water partition coefficient (Wildman–Crippen LogP) is 4.75. The number of H-pyrrole nitrogens is 1. The van der Waals surface area contributed by atoms with E-state index >= 15 is 0 Å². The SMILES string of the molecule is CCOc1cc(C(=O)N(C)Cc2ccc(O)c3cn[nH]c23)ccc1-c1cccc(F)c1. The maximum absolute atomic E-state index is 13.7. The van der Waals surface area contributed by atoms with Crippen molar-refractivity contribution in [3.63, 3.8) is 0 Å². The van der Waals surface area contributed by atoms with Gasteiger partial charge in [0.1, 0.15) is 17.3 Å². The molecule has 31 heavy (non-hydrogen) atoms. The molecule has 0 aliphatic rings. The van der Waals surface area contributed by atoms with Gasteiger partial charge in [0.25, 0.3) is 5.91 Å². The van der Waals surface area contributed by atoms with Gasteiger partial charge in [-0.1, -0.05) is 18.2 Å². The molecule has 0 fully saturated rings. The van der Waals surface area contributed by atoms with Crippen LogP contribution in [0.15, 0.2) is 60.8 Å². The van der Waals surface area contributed by atoms with E-state index in [1.54, 1.807) is 60.6 Å². The lowest BCUT2D eigenvalue weighted by Crippen LogP contribution is -2.26. The molecule has 2 N–H and O–H groups in total. The van der Waals surface area contributed by atoms with E-state index in [1.807, 2.05) is 6.92 Å². The van der Waals surface area contributed by atoms with Crippen LogP contribution < -0.4 is 4.74 Å². The van der Waals surface area contributed by atoms with Crippen molar-refractivity contribution in [3.05, 3.63) is 77.7 Å². The third-order valence-electron chi connectivity index (χ3n) is 5.10. The van der Waals surface area contributed by atoms with Gasteiger partial charge in [-0.25, -0.2) is 4.39 Å². The van der Waals surface area contributed by atoms with Crippen LogP contribution in [0.2, 0.25) is 0 Å². The average molecular weight is 419 g/mol. The summed E-state index contributed by atoms with van der Waals surface area (Å²) in [6, 6.07) is 14.8. The fourth-order valence-corrected chi connectivity index (χ4v) is 3.58. The topological polar surface area (TPSA) is 78.4 Å². The zero-order valence-corrected chi connectivity index (χ0v) is 17.2. The highest BCUT2D eigenvalue weighted by molar-refractivity contribution is 5.96. The molecular formula is C24H22FN3O3. The van der Waals surface area contributed by atoms with E-state index in [2.05, 4.69) is 10.2 Å². The lowest BCUT2D eigenvalue weighted by atomic mass is 10.0. The van der Waals surface area contributed by atoms with Gasteiger partial charge >= 0.3 is 0 Å². The largest absolute Gasteiger partial charge is 0.507 e. The molecule has 6 nitrogen and oxygen atoms in total. The number of ether oxygens (including phenoxy) is 1. The minimum Gasteiger partial charge on any atom is -0.507 e. The summed E-state index contributed by atoms with van der Waals surface area (Å²) in [4.78, 5) is 14.7. The van der Waals surface area contributed by atoms with Crippen LogP contribution in [0.1, 0.15) is 22.8 Å². The first-order valence-corrected chi connectivity index (χ1v) is 9.90.